The first-order valence-electron chi connectivity index (χ1n) is 9.28. The Morgan fingerprint density at radius 1 is 1.27 bits per heavy atom. The minimum atomic E-state index is -0.193. The Morgan fingerprint density at radius 2 is 2.04 bits per heavy atom. The molecule has 26 heavy (non-hydrogen) atoms. The van der Waals surface area contributed by atoms with Crippen LogP contribution in [-0.2, 0) is 9.53 Å². The summed E-state index contributed by atoms with van der Waals surface area (Å²) in [6.07, 6.45) is 0.353. The van der Waals surface area contributed by atoms with E-state index in [0.29, 0.717) is 37.4 Å². The van der Waals surface area contributed by atoms with Gasteiger partial charge in [0.2, 0.25) is 5.91 Å². The van der Waals surface area contributed by atoms with Gasteiger partial charge in [0.1, 0.15) is 5.75 Å². The van der Waals surface area contributed by atoms with Crippen LogP contribution in [0.3, 0.4) is 0 Å². The van der Waals surface area contributed by atoms with Crippen molar-refractivity contribution in [2.45, 2.75) is 19.4 Å². The van der Waals surface area contributed by atoms with Crippen molar-refractivity contribution in [3.05, 3.63) is 29.8 Å². The molecule has 1 aromatic carbocycles. The number of nitrogens with one attached hydrogen (secondary N) is 1. The van der Waals surface area contributed by atoms with E-state index in [1.807, 2.05) is 24.0 Å². The number of likely N-dealkylation sites (tertiary alicyclic amines) is 1. The molecule has 1 atom stereocenters. The van der Waals surface area contributed by atoms with Crippen molar-refractivity contribution in [2.75, 3.05) is 52.5 Å². The maximum Gasteiger partial charge on any atom is 0.255 e. The maximum atomic E-state index is 12.6. The van der Waals surface area contributed by atoms with Gasteiger partial charge in [-0.1, -0.05) is 12.1 Å². The molecule has 0 radical (unpaired) electrons. The SMILES string of the molecule is CCOc1ccccc1C(=O)NC1CC(=O)N(CCN2CCOCC2)C1. The van der Waals surface area contributed by atoms with Gasteiger partial charge in [-0.2, -0.15) is 0 Å². The fraction of sp³-hybridized carbons (Fsp3) is 0.579. The molecule has 3 rings (SSSR count). The van der Waals surface area contributed by atoms with E-state index < -0.39 is 0 Å². The molecule has 1 aromatic rings. The lowest BCUT2D eigenvalue weighted by Crippen LogP contribution is -2.42. The van der Waals surface area contributed by atoms with E-state index >= 15 is 0 Å². The van der Waals surface area contributed by atoms with Crippen LogP contribution in [0.2, 0.25) is 0 Å². The first-order valence-corrected chi connectivity index (χ1v) is 9.28. The van der Waals surface area contributed by atoms with Crippen LogP contribution in [0.25, 0.3) is 0 Å². The molecule has 2 aliphatic rings. The third-order valence-corrected chi connectivity index (χ3v) is 4.77. The second-order valence-corrected chi connectivity index (χ2v) is 6.60. The average Bonchev–Trinajstić information content (AvgIpc) is 3.00. The fourth-order valence-corrected chi connectivity index (χ4v) is 3.37. The van der Waals surface area contributed by atoms with E-state index in [4.69, 9.17) is 9.47 Å². The van der Waals surface area contributed by atoms with Gasteiger partial charge in [0.15, 0.2) is 0 Å². The molecular formula is C19H27N3O4. The van der Waals surface area contributed by atoms with Crippen LogP contribution in [0.4, 0.5) is 0 Å². The van der Waals surface area contributed by atoms with Gasteiger partial charge in [-0.25, -0.2) is 0 Å². The molecule has 7 heteroatoms. The van der Waals surface area contributed by atoms with E-state index in [-0.39, 0.29) is 17.9 Å². The van der Waals surface area contributed by atoms with E-state index in [9.17, 15) is 9.59 Å². The van der Waals surface area contributed by atoms with Crippen molar-refractivity contribution in [3.8, 4) is 5.75 Å². The number of morpholine rings is 1. The van der Waals surface area contributed by atoms with Crippen molar-refractivity contribution in [1.29, 1.82) is 0 Å². The summed E-state index contributed by atoms with van der Waals surface area (Å²) in [6.45, 7) is 7.83. The highest BCUT2D eigenvalue weighted by Gasteiger charge is 2.31. The topological polar surface area (TPSA) is 71.1 Å². The van der Waals surface area contributed by atoms with Crippen molar-refractivity contribution in [2.24, 2.45) is 0 Å². The second kappa shape index (κ2) is 9.00. The van der Waals surface area contributed by atoms with Crippen LogP contribution in [0.15, 0.2) is 24.3 Å². The summed E-state index contributed by atoms with van der Waals surface area (Å²) < 4.78 is 10.9. The number of carbonyl (C=O) groups excluding carboxylic acids is 2. The molecule has 2 amide bonds. The Kier molecular flexibility index (Phi) is 6.46. The molecule has 142 valence electrons. The summed E-state index contributed by atoms with van der Waals surface area (Å²) in [7, 11) is 0. The van der Waals surface area contributed by atoms with E-state index in [1.54, 1.807) is 12.1 Å². The summed E-state index contributed by atoms with van der Waals surface area (Å²) >= 11 is 0. The van der Waals surface area contributed by atoms with Crippen LogP contribution in [0.5, 0.6) is 5.75 Å². The highest BCUT2D eigenvalue weighted by Crippen LogP contribution is 2.19. The van der Waals surface area contributed by atoms with Gasteiger partial charge in [0.25, 0.3) is 5.91 Å². The summed E-state index contributed by atoms with van der Waals surface area (Å²) in [5, 5.41) is 2.98. The van der Waals surface area contributed by atoms with Crippen LogP contribution >= 0.6 is 0 Å². The average molecular weight is 361 g/mol. The van der Waals surface area contributed by atoms with Gasteiger partial charge in [-0.3, -0.25) is 14.5 Å². The molecule has 1 N–H and O–H groups in total. The minimum Gasteiger partial charge on any atom is -0.493 e. The van der Waals surface area contributed by atoms with Gasteiger partial charge >= 0.3 is 0 Å². The number of amides is 2. The number of hydrogen-bond donors (Lipinski definition) is 1. The molecule has 2 aliphatic heterocycles. The standard InChI is InChI=1S/C19H27N3O4/c1-2-26-17-6-4-3-5-16(17)19(24)20-15-13-18(23)22(14-15)8-7-21-9-11-25-12-10-21/h3-6,15H,2,7-14H2,1H3,(H,20,24). The van der Waals surface area contributed by atoms with Crippen LogP contribution in [0, 0.1) is 0 Å². The van der Waals surface area contributed by atoms with Crippen molar-refractivity contribution < 1.29 is 19.1 Å². The predicted octanol–water partition coefficient (Wildman–Crippen LogP) is 0.748. The lowest BCUT2D eigenvalue weighted by molar-refractivity contribution is -0.128. The van der Waals surface area contributed by atoms with Crippen molar-refractivity contribution >= 4 is 11.8 Å². The number of rotatable bonds is 7. The van der Waals surface area contributed by atoms with Crippen LogP contribution in [0.1, 0.15) is 23.7 Å². The fourth-order valence-electron chi connectivity index (χ4n) is 3.37. The number of nitrogens with zero attached hydrogens (tertiary/aromatic N) is 2. The normalized spacial score (nSPS) is 21.0. The first-order chi connectivity index (χ1) is 12.7. The Bertz CT molecular complexity index is 631. The lowest BCUT2D eigenvalue weighted by Gasteiger charge is -2.28. The smallest absolute Gasteiger partial charge is 0.255 e. The maximum absolute atomic E-state index is 12.6. The minimum absolute atomic E-state index is 0.0988. The third kappa shape index (κ3) is 4.74. The summed E-state index contributed by atoms with van der Waals surface area (Å²) in [6, 6.07) is 7.02. The number of carbonyl (C=O) groups is 2. The summed E-state index contributed by atoms with van der Waals surface area (Å²) in [4.78, 5) is 29.0. The Labute approximate surface area is 154 Å². The predicted molar refractivity (Wildman–Crippen MR) is 97.3 cm³/mol. The zero-order valence-electron chi connectivity index (χ0n) is 15.3. The molecule has 2 saturated heterocycles. The Balaban J connectivity index is 1.51. The highest BCUT2D eigenvalue weighted by atomic mass is 16.5. The number of hydrogen-bond acceptors (Lipinski definition) is 5. The molecule has 0 aliphatic carbocycles. The van der Waals surface area contributed by atoms with E-state index in [0.717, 1.165) is 32.8 Å². The number of benzene rings is 1. The molecule has 0 spiro atoms. The molecule has 0 saturated carbocycles. The Morgan fingerprint density at radius 3 is 2.81 bits per heavy atom. The van der Waals surface area contributed by atoms with Gasteiger partial charge < -0.3 is 19.7 Å². The molecule has 0 aromatic heterocycles. The zero-order chi connectivity index (χ0) is 18.4. The number of para-hydroxylation sites is 1. The molecule has 2 fully saturated rings. The van der Waals surface area contributed by atoms with E-state index in [2.05, 4.69) is 10.2 Å². The molecule has 0 bridgehead atoms. The lowest BCUT2D eigenvalue weighted by atomic mass is 10.1. The molecule has 7 nitrogen and oxygen atoms in total. The molecule has 1 unspecified atom stereocenters. The molecule has 2 heterocycles. The van der Waals surface area contributed by atoms with Crippen molar-refractivity contribution in [1.82, 2.24) is 15.1 Å². The first kappa shape index (κ1) is 18.7. The van der Waals surface area contributed by atoms with Gasteiger partial charge in [-0.15, -0.1) is 0 Å². The number of ether oxygens (including phenoxy) is 2. The largest absolute Gasteiger partial charge is 0.493 e. The summed E-state index contributed by atoms with van der Waals surface area (Å²) in [5.74, 6) is 0.476. The quantitative estimate of drug-likeness (QED) is 0.776. The monoisotopic (exact) mass is 361 g/mol. The van der Waals surface area contributed by atoms with Crippen LogP contribution < -0.4 is 10.1 Å². The van der Waals surface area contributed by atoms with Gasteiger partial charge in [0.05, 0.1) is 31.4 Å². The molecular weight excluding hydrogens is 334 g/mol. The second-order valence-electron chi connectivity index (χ2n) is 6.60. The van der Waals surface area contributed by atoms with Crippen LogP contribution in [-0.4, -0.2) is 80.2 Å². The highest BCUT2D eigenvalue weighted by molar-refractivity contribution is 5.97. The van der Waals surface area contributed by atoms with E-state index in [1.165, 1.54) is 0 Å². The Hall–Kier alpha value is -2.12. The van der Waals surface area contributed by atoms with Gasteiger partial charge in [-0.05, 0) is 19.1 Å². The zero-order valence-corrected chi connectivity index (χ0v) is 15.3. The third-order valence-electron chi connectivity index (χ3n) is 4.77. The summed E-state index contributed by atoms with van der Waals surface area (Å²) in [5.41, 5.74) is 0.508. The van der Waals surface area contributed by atoms with Crippen molar-refractivity contribution in [3.63, 3.8) is 0 Å². The van der Waals surface area contributed by atoms with Gasteiger partial charge in [0, 0.05) is 39.1 Å².